The van der Waals surface area contributed by atoms with Crippen LogP contribution in [0.15, 0.2) is 12.2 Å². The normalized spacial score (nSPS) is 12.5. The Hall–Kier alpha value is -1.21. The van der Waals surface area contributed by atoms with Gasteiger partial charge in [-0.15, -0.1) is 0 Å². The maximum Gasteiger partial charge on any atom is 0.469 e. The van der Waals surface area contributed by atoms with Gasteiger partial charge in [0.05, 0.1) is 6.61 Å². The highest BCUT2D eigenvalue weighted by molar-refractivity contribution is 7.46. The summed E-state index contributed by atoms with van der Waals surface area (Å²) in [4.78, 5) is 42.6. The van der Waals surface area contributed by atoms with Crippen LogP contribution in [0, 0.1) is 0 Å². The molecule has 0 heterocycles. The molecule has 0 aromatic heterocycles. The van der Waals surface area contributed by atoms with E-state index in [1.807, 2.05) is 0 Å². The van der Waals surface area contributed by atoms with Gasteiger partial charge in [0.1, 0.15) is 6.61 Å². The molecule has 0 fully saturated rings. The first-order valence-electron chi connectivity index (χ1n) is 19.0. The average molecular weight is 675 g/mol. The van der Waals surface area contributed by atoms with Gasteiger partial charge >= 0.3 is 19.8 Å². The van der Waals surface area contributed by atoms with Crippen LogP contribution in [0.25, 0.3) is 0 Å². The van der Waals surface area contributed by atoms with Crippen molar-refractivity contribution in [3.8, 4) is 0 Å². The molecule has 0 saturated heterocycles. The van der Waals surface area contributed by atoms with E-state index in [-0.39, 0.29) is 19.4 Å². The highest BCUT2D eigenvalue weighted by Crippen LogP contribution is 2.36. The van der Waals surface area contributed by atoms with Crippen molar-refractivity contribution in [3.63, 3.8) is 0 Å². The zero-order valence-electron chi connectivity index (χ0n) is 29.7. The topological polar surface area (TPSA) is 119 Å². The number of hydrogen-bond donors (Lipinski definition) is 2. The fourth-order valence-corrected chi connectivity index (χ4v) is 5.79. The molecule has 0 radical (unpaired) electrons. The van der Waals surface area contributed by atoms with Crippen molar-refractivity contribution in [2.24, 2.45) is 0 Å². The highest BCUT2D eigenvalue weighted by Gasteiger charge is 2.22. The third-order valence-corrected chi connectivity index (χ3v) is 8.77. The van der Waals surface area contributed by atoms with E-state index in [0.717, 1.165) is 51.4 Å². The fraction of sp³-hybridized carbons (Fsp3) is 0.892. The summed E-state index contributed by atoms with van der Waals surface area (Å²) < 4.78 is 26.3. The smallest absolute Gasteiger partial charge is 0.462 e. The minimum atomic E-state index is -4.74. The molecular weight excluding hydrogens is 603 g/mol. The van der Waals surface area contributed by atoms with Crippen LogP contribution < -0.4 is 0 Å². The molecule has 0 aliphatic carbocycles. The van der Waals surface area contributed by atoms with Gasteiger partial charge < -0.3 is 19.3 Å². The minimum Gasteiger partial charge on any atom is -0.462 e. The molecule has 0 rings (SSSR count). The summed E-state index contributed by atoms with van der Waals surface area (Å²) in [5.41, 5.74) is 0. The van der Waals surface area contributed by atoms with E-state index >= 15 is 0 Å². The van der Waals surface area contributed by atoms with Gasteiger partial charge in [-0.05, 0) is 38.5 Å². The van der Waals surface area contributed by atoms with Crippen molar-refractivity contribution >= 4 is 19.8 Å². The highest BCUT2D eigenvalue weighted by atomic mass is 31.2. The third kappa shape index (κ3) is 35.6. The van der Waals surface area contributed by atoms with Gasteiger partial charge in [0.25, 0.3) is 0 Å². The van der Waals surface area contributed by atoms with E-state index in [1.54, 1.807) is 0 Å². The van der Waals surface area contributed by atoms with Crippen LogP contribution in [0.5, 0.6) is 0 Å². The van der Waals surface area contributed by atoms with Crippen LogP contribution in [0.1, 0.15) is 194 Å². The number of esters is 2. The van der Waals surface area contributed by atoms with Gasteiger partial charge in [-0.2, -0.15) is 0 Å². The molecule has 1 atom stereocenters. The first-order valence-corrected chi connectivity index (χ1v) is 20.5. The van der Waals surface area contributed by atoms with Gasteiger partial charge in [0, 0.05) is 12.8 Å². The Bertz CT molecular complexity index is 766. The first-order chi connectivity index (χ1) is 22.3. The largest absolute Gasteiger partial charge is 0.469 e. The monoisotopic (exact) mass is 674 g/mol. The van der Waals surface area contributed by atoms with E-state index in [0.29, 0.717) is 6.42 Å². The molecule has 272 valence electrons. The molecule has 9 heteroatoms. The zero-order valence-corrected chi connectivity index (χ0v) is 30.6. The van der Waals surface area contributed by atoms with Crippen LogP contribution in [0.2, 0.25) is 0 Å². The molecule has 0 spiro atoms. The number of rotatable bonds is 35. The standard InChI is InChI=1S/C37H71O8P/c1-3-5-7-9-11-13-15-17-18-19-20-22-24-26-28-30-32-37(39)45-35(34-44-46(40,41)42)33-43-36(38)31-29-27-25-23-21-16-14-12-10-8-6-4-2/h18-19,35H,3-17,20-34H2,1-2H3,(H2,40,41,42)/b19-18-/t35-/m1/s1. The van der Waals surface area contributed by atoms with Gasteiger partial charge in [-0.25, -0.2) is 4.57 Å². The van der Waals surface area contributed by atoms with Crippen molar-refractivity contribution in [1.29, 1.82) is 0 Å². The fourth-order valence-electron chi connectivity index (χ4n) is 5.43. The Morgan fingerprint density at radius 1 is 0.543 bits per heavy atom. The number of hydrogen-bond acceptors (Lipinski definition) is 6. The predicted octanol–water partition coefficient (Wildman–Crippen LogP) is 11.1. The lowest BCUT2D eigenvalue weighted by Gasteiger charge is -2.18. The molecule has 0 aliphatic rings. The summed E-state index contributed by atoms with van der Waals surface area (Å²) >= 11 is 0. The van der Waals surface area contributed by atoms with E-state index in [2.05, 4.69) is 30.5 Å². The number of allylic oxidation sites excluding steroid dienone is 2. The molecule has 2 N–H and O–H groups in total. The number of ether oxygens (including phenoxy) is 2. The number of phosphoric acid groups is 1. The van der Waals surface area contributed by atoms with E-state index in [4.69, 9.17) is 19.3 Å². The summed E-state index contributed by atoms with van der Waals surface area (Å²) in [5.74, 6) is -0.887. The van der Waals surface area contributed by atoms with Crippen molar-refractivity contribution in [2.45, 2.75) is 200 Å². The number of unbranched alkanes of at least 4 members (excludes halogenated alkanes) is 23. The predicted molar refractivity (Wildman–Crippen MR) is 189 cm³/mol. The van der Waals surface area contributed by atoms with Gasteiger partial charge in [-0.1, -0.05) is 154 Å². The zero-order chi connectivity index (χ0) is 34.0. The molecule has 0 aromatic carbocycles. The van der Waals surface area contributed by atoms with E-state index in [9.17, 15) is 14.2 Å². The first kappa shape index (κ1) is 44.8. The second-order valence-corrected chi connectivity index (χ2v) is 14.1. The molecular formula is C37H71O8P. The summed E-state index contributed by atoms with van der Waals surface area (Å²) in [6.07, 6.45) is 35.0. The summed E-state index contributed by atoms with van der Waals surface area (Å²) in [6.45, 7) is 3.67. The molecule has 46 heavy (non-hydrogen) atoms. The quantitative estimate of drug-likeness (QED) is 0.0295. The van der Waals surface area contributed by atoms with Gasteiger partial charge in [0.2, 0.25) is 0 Å². The molecule has 0 amide bonds. The second-order valence-electron chi connectivity index (χ2n) is 12.9. The van der Waals surface area contributed by atoms with Crippen molar-refractivity contribution in [1.82, 2.24) is 0 Å². The summed E-state index contributed by atoms with van der Waals surface area (Å²) in [6, 6.07) is 0. The maximum atomic E-state index is 12.3. The molecule has 0 bridgehead atoms. The molecule has 8 nitrogen and oxygen atoms in total. The Morgan fingerprint density at radius 2 is 0.913 bits per heavy atom. The van der Waals surface area contributed by atoms with Crippen LogP contribution >= 0.6 is 7.82 Å². The van der Waals surface area contributed by atoms with Gasteiger partial charge in [0.15, 0.2) is 6.10 Å². The lowest BCUT2D eigenvalue weighted by atomic mass is 10.0. The van der Waals surface area contributed by atoms with Crippen LogP contribution in [-0.2, 0) is 28.2 Å². The summed E-state index contributed by atoms with van der Waals surface area (Å²) in [7, 11) is -4.74. The van der Waals surface area contributed by atoms with Crippen LogP contribution in [-0.4, -0.2) is 41.0 Å². The Kier molecular flexibility index (Phi) is 32.8. The van der Waals surface area contributed by atoms with E-state index in [1.165, 1.54) is 109 Å². The molecule has 0 saturated carbocycles. The molecule has 0 aromatic rings. The Balaban J connectivity index is 3.95. The third-order valence-electron chi connectivity index (χ3n) is 8.28. The Morgan fingerprint density at radius 3 is 1.33 bits per heavy atom. The lowest BCUT2D eigenvalue weighted by molar-refractivity contribution is -0.161. The SMILES string of the molecule is CCCCCCCCC/C=C\CCCCCCCC(=O)O[C@H](COC(=O)CCCCCCCCCCCCCC)COP(=O)(O)O. The minimum absolute atomic E-state index is 0.206. The van der Waals surface area contributed by atoms with Crippen LogP contribution in [0.4, 0.5) is 0 Å². The average Bonchev–Trinajstić information content (AvgIpc) is 3.02. The summed E-state index contributed by atoms with van der Waals surface area (Å²) in [5, 5.41) is 0. The van der Waals surface area contributed by atoms with Crippen molar-refractivity contribution in [2.75, 3.05) is 13.2 Å². The lowest BCUT2D eigenvalue weighted by Crippen LogP contribution is -2.29. The van der Waals surface area contributed by atoms with Crippen LogP contribution in [0.3, 0.4) is 0 Å². The van der Waals surface area contributed by atoms with Gasteiger partial charge in [-0.3, -0.25) is 14.1 Å². The van der Waals surface area contributed by atoms with Crippen molar-refractivity contribution < 1.29 is 37.9 Å². The maximum absolute atomic E-state index is 12.3. The molecule has 0 unspecified atom stereocenters. The van der Waals surface area contributed by atoms with E-state index < -0.39 is 32.5 Å². The number of phosphoric ester groups is 1. The van der Waals surface area contributed by atoms with Crippen molar-refractivity contribution in [3.05, 3.63) is 12.2 Å². The number of carbonyl (C=O) groups is 2. The number of carbonyl (C=O) groups excluding carboxylic acids is 2. The Labute approximate surface area is 282 Å². The molecule has 0 aliphatic heterocycles. The second kappa shape index (κ2) is 33.7.